The first-order valence-electron chi connectivity index (χ1n) is 7.45. The zero-order valence-electron chi connectivity index (χ0n) is 12.8. The van der Waals surface area contributed by atoms with Gasteiger partial charge in [0.15, 0.2) is 5.96 Å². The Labute approximate surface area is 151 Å². The number of nitrogens with zero attached hydrogens (tertiary/aromatic N) is 4. The topological polar surface area (TPSA) is 107 Å². The fraction of sp³-hybridized carbons (Fsp3) is 0.692. The van der Waals surface area contributed by atoms with Gasteiger partial charge < -0.3 is 15.4 Å². The second-order valence-corrected chi connectivity index (χ2v) is 5.58. The van der Waals surface area contributed by atoms with Crippen LogP contribution in [0.25, 0.3) is 0 Å². The molecule has 1 aromatic rings. The number of aliphatic imine (C=N–C) groups is 1. The highest BCUT2D eigenvalue weighted by Gasteiger charge is 2.41. The van der Waals surface area contributed by atoms with Gasteiger partial charge in [-0.3, -0.25) is 19.8 Å². The lowest BCUT2D eigenvalue weighted by molar-refractivity contribution is -0.385. The smallest absolute Gasteiger partial charge is 0.306 e. The van der Waals surface area contributed by atoms with E-state index in [0.717, 1.165) is 25.2 Å². The van der Waals surface area contributed by atoms with Crippen molar-refractivity contribution in [1.29, 1.82) is 0 Å². The summed E-state index contributed by atoms with van der Waals surface area (Å²) < 4.78 is 7.35. The molecule has 9 nitrogen and oxygen atoms in total. The first-order chi connectivity index (χ1) is 10.7. The van der Waals surface area contributed by atoms with E-state index in [4.69, 9.17) is 4.74 Å². The van der Waals surface area contributed by atoms with E-state index in [1.165, 1.54) is 12.4 Å². The molecule has 2 N–H and O–H groups in total. The molecule has 2 aliphatic heterocycles. The lowest BCUT2D eigenvalue weighted by Crippen LogP contribution is -2.48. The number of nitro groups is 1. The van der Waals surface area contributed by atoms with Gasteiger partial charge in [-0.2, -0.15) is 5.10 Å². The summed E-state index contributed by atoms with van der Waals surface area (Å²) in [4.78, 5) is 14.3. The molecule has 10 heteroatoms. The number of nitrogens with one attached hydrogen (secondary N) is 2. The maximum Gasteiger partial charge on any atom is 0.306 e. The number of rotatable bonds is 5. The summed E-state index contributed by atoms with van der Waals surface area (Å²) in [5.74, 6) is 0.725. The van der Waals surface area contributed by atoms with Crippen molar-refractivity contribution in [3.05, 3.63) is 22.5 Å². The van der Waals surface area contributed by atoms with Crippen molar-refractivity contribution in [2.24, 2.45) is 4.99 Å². The Morgan fingerprint density at radius 2 is 2.43 bits per heavy atom. The van der Waals surface area contributed by atoms with Crippen LogP contribution in [0.5, 0.6) is 0 Å². The monoisotopic (exact) mass is 436 g/mol. The molecule has 2 saturated heterocycles. The van der Waals surface area contributed by atoms with Gasteiger partial charge in [0.1, 0.15) is 12.4 Å². The van der Waals surface area contributed by atoms with E-state index in [9.17, 15) is 10.1 Å². The van der Waals surface area contributed by atoms with Gasteiger partial charge in [-0.25, -0.2) is 0 Å². The van der Waals surface area contributed by atoms with Crippen molar-refractivity contribution in [1.82, 2.24) is 20.4 Å². The third-order valence-electron chi connectivity index (χ3n) is 4.12. The molecule has 0 spiro atoms. The van der Waals surface area contributed by atoms with Crippen molar-refractivity contribution in [2.75, 3.05) is 13.6 Å². The third-order valence-corrected chi connectivity index (χ3v) is 4.12. The molecule has 0 aromatic carbocycles. The Balaban J connectivity index is 0.00000192. The SMILES string of the molecule is CN=C(NCCn1cc([N+](=O)[O-])cn1)NC1CC2CCC1O2.I. The van der Waals surface area contributed by atoms with E-state index in [1.54, 1.807) is 11.7 Å². The van der Waals surface area contributed by atoms with Crippen LogP contribution in [0.2, 0.25) is 0 Å². The molecule has 0 amide bonds. The van der Waals surface area contributed by atoms with Crippen LogP contribution in [-0.2, 0) is 11.3 Å². The molecule has 128 valence electrons. The minimum Gasteiger partial charge on any atom is -0.373 e. The normalized spacial score (nSPS) is 26.0. The number of ether oxygens (including phenoxy) is 1. The minimum atomic E-state index is -0.452. The molecule has 0 aliphatic carbocycles. The fourth-order valence-electron chi connectivity index (χ4n) is 3.02. The van der Waals surface area contributed by atoms with E-state index >= 15 is 0 Å². The lowest BCUT2D eigenvalue weighted by Gasteiger charge is -2.22. The van der Waals surface area contributed by atoms with E-state index < -0.39 is 4.92 Å². The quantitative estimate of drug-likeness (QED) is 0.234. The van der Waals surface area contributed by atoms with Gasteiger partial charge in [0.2, 0.25) is 0 Å². The van der Waals surface area contributed by atoms with Crippen LogP contribution >= 0.6 is 24.0 Å². The summed E-state index contributed by atoms with van der Waals surface area (Å²) in [7, 11) is 1.72. The van der Waals surface area contributed by atoms with E-state index in [-0.39, 0.29) is 35.8 Å². The number of halogens is 1. The van der Waals surface area contributed by atoms with Crippen LogP contribution in [0.1, 0.15) is 19.3 Å². The molecule has 3 heterocycles. The average molecular weight is 436 g/mol. The highest BCUT2D eigenvalue weighted by atomic mass is 127. The molecule has 0 saturated carbocycles. The summed E-state index contributed by atoms with van der Waals surface area (Å²) in [6.45, 7) is 1.11. The number of aromatic nitrogens is 2. The zero-order valence-corrected chi connectivity index (χ0v) is 15.2. The molecule has 3 atom stereocenters. The second kappa shape index (κ2) is 7.90. The van der Waals surface area contributed by atoms with E-state index in [0.29, 0.717) is 25.2 Å². The Hall–Kier alpha value is -1.43. The van der Waals surface area contributed by atoms with Gasteiger partial charge >= 0.3 is 5.69 Å². The molecule has 2 bridgehead atoms. The van der Waals surface area contributed by atoms with Gasteiger partial charge in [0.25, 0.3) is 0 Å². The van der Waals surface area contributed by atoms with Gasteiger partial charge in [-0.1, -0.05) is 0 Å². The first kappa shape index (κ1) is 17.9. The molecule has 3 unspecified atom stereocenters. The Bertz CT molecular complexity index is 578. The van der Waals surface area contributed by atoms with Crippen molar-refractivity contribution in [2.45, 2.75) is 44.1 Å². The zero-order chi connectivity index (χ0) is 15.5. The highest BCUT2D eigenvalue weighted by Crippen LogP contribution is 2.34. The van der Waals surface area contributed by atoms with Crippen LogP contribution in [0, 0.1) is 10.1 Å². The molecule has 0 radical (unpaired) electrons. The average Bonchev–Trinajstić information content (AvgIpc) is 3.22. The standard InChI is InChI=1S/C13H20N6O3.HI/c1-14-13(17-11-6-10-2-3-12(11)22-10)15-4-5-18-8-9(7-16-18)19(20)21;/h7-8,10-12H,2-6H2,1H3,(H2,14,15,17);1H. The van der Waals surface area contributed by atoms with Crippen molar-refractivity contribution in [3.63, 3.8) is 0 Å². The second-order valence-electron chi connectivity index (χ2n) is 5.58. The van der Waals surface area contributed by atoms with Crippen molar-refractivity contribution < 1.29 is 9.66 Å². The maximum atomic E-state index is 10.6. The van der Waals surface area contributed by atoms with Crippen LogP contribution < -0.4 is 10.6 Å². The van der Waals surface area contributed by atoms with Crippen molar-refractivity contribution >= 4 is 35.6 Å². The van der Waals surface area contributed by atoms with Crippen LogP contribution in [-0.4, -0.2) is 52.5 Å². The van der Waals surface area contributed by atoms with E-state index in [1.807, 2.05) is 0 Å². The number of guanidine groups is 1. The predicted octanol–water partition coefficient (Wildman–Crippen LogP) is 0.894. The summed E-state index contributed by atoms with van der Waals surface area (Å²) in [5, 5.41) is 21.1. The summed E-state index contributed by atoms with van der Waals surface area (Å²) in [6, 6.07) is 0.316. The van der Waals surface area contributed by atoms with Gasteiger partial charge in [-0.15, -0.1) is 24.0 Å². The minimum absolute atomic E-state index is 0. The van der Waals surface area contributed by atoms with Crippen LogP contribution in [0.3, 0.4) is 0 Å². The summed E-state index contributed by atoms with van der Waals surface area (Å²) in [5.41, 5.74) is 0.00152. The van der Waals surface area contributed by atoms with Gasteiger partial charge in [0.05, 0.1) is 29.7 Å². The molecule has 2 fully saturated rings. The predicted molar refractivity (Wildman–Crippen MR) is 95.1 cm³/mol. The molecule has 3 rings (SSSR count). The van der Waals surface area contributed by atoms with Gasteiger partial charge in [-0.05, 0) is 19.3 Å². The molecule has 1 aromatic heterocycles. The Morgan fingerprint density at radius 1 is 1.61 bits per heavy atom. The Kier molecular flexibility index (Phi) is 6.16. The largest absolute Gasteiger partial charge is 0.373 e. The molecule has 2 aliphatic rings. The third kappa shape index (κ3) is 4.31. The molecular weight excluding hydrogens is 415 g/mol. The Morgan fingerprint density at radius 3 is 3.00 bits per heavy atom. The maximum absolute atomic E-state index is 10.6. The van der Waals surface area contributed by atoms with Crippen LogP contribution in [0.15, 0.2) is 17.4 Å². The lowest BCUT2D eigenvalue weighted by atomic mass is 9.96. The number of hydrogen-bond donors (Lipinski definition) is 2. The summed E-state index contributed by atoms with van der Waals surface area (Å²) in [6.07, 6.45) is 6.64. The molecular formula is C13H21IN6O3. The van der Waals surface area contributed by atoms with Gasteiger partial charge in [0, 0.05) is 13.6 Å². The summed E-state index contributed by atoms with van der Waals surface area (Å²) >= 11 is 0. The molecule has 23 heavy (non-hydrogen) atoms. The fourth-order valence-corrected chi connectivity index (χ4v) is 3.02. The van der Waals surface area contributed by atoms with Crippen LogP contribution in [0.4, 0.5) is 5.69 Å². The van der Waals surface area contributed by atoms with E-state index in [2.05, 4.69) is 20.7 Å². The van der Waals surface area contributed by atoms with Crippen molar-refractivity contribution in [3.8, 4) is 0 Å². The number of fused-ring (bicyclic) bond motifs is 2. The number of hydrogen-bond acceptors (Lipinski definition) is 5. The first-order valence-corrected chi connectivity index (χ1v) is 7.45. The highest BCUT2D eigenvalue weighted by molar-refractivity contribution is 14.0.